The summed E-state index contributed by atoms with van der Waals surface area (Å²) in [5, 5.41) is 30.0. The number of aromatic hydroxyl groups is 3. The van der Waals surface area contributed by atoms with E-state index in [0.29, 0.717) is 23.3 Å². The highest BCUT2D eigenvalue weighted by Crippen LogP contribution is 2.44. The highest BCUT2D eigenvalue weighted by Gasteiger charge is 2.35. The lowest BCUT2D eigenvalue weighted by Gasteiger charge is -2.27. The van der Waals surface area contributed by atoms with Gasteiger partial charge >= 0.3 is 0 Å². The highest BCUT2D eigenvalue weighted by molar-refractivity contribution is 6.07. The number of allylic oxidation sites excluding steroid dienone is 2. The Hall–Kier alpha value is -3.15. The number of benzene rings is 2. The lowest BCUT2D eigenvalue weighted by Crippen LogP contribution is -2.26. The molecular formula is C21H22O6. The Labute approximate surface area is 157 Å². The fourth-order valence-corrected chi connectivity index (χ4v) is 3.26. The quantitative estimate of drug-likeness (QED) is 0.711. The molecular weight excluding hydrogens is 348 g/mol. The van der Waals surface area contributed by atoms with Gasteiger partial charge in [0.05, 0.1) is 13.0 Å². The molecule has 27 heavy (non-hydrogen) atoms. The number of ketones is 1. The molecule has 0 spiro atoms. The van der Waals surface area contributed by atoms with Crippen molar-refractivity contribution in [3.8, 4) is 28.7 Å². The predicted molar refractivity (Wildman–Crippen MR) is 100 cm³/mol. The normalized spacial score (nSPS) is 15.7. The first kappa shape index (κ1) is 18.6. The van der Waals surface area contributed by atoms with Gasteiger partial charge in [0.1, 0.15) is 40.9 Å². The molecule has 0 fully saturated rings. The minimum atomic E-state index is -0.700. The summed E-state index contributed by atoms with van der Waals surface area (Å²) in [5.74, 6) is -0.872. The molecule has 3 N–H and O–H groups in total. The van der Waals surface area contributed by atoms with Gasteiger partial charge in [0.15, 0.2) is 5.78 Å². The third-order valence-corrected chi connectivity index (χ3v) is 4.59. The summed E-state index contributed by atoms with van der Waals surface area (Å²) >= 11 is 0. The number of phenolic OH excluding ortho intramolecular Hbond substituents is 3. The molecule has 142 valence electrons. The average Bonchev–Trinajstić information content (AvgIpc) is 2.60. The van der Waals surface area contributed by atoms with E-state index in [0.717, 1.165) is 11.6 Å². The topological polar surface area (TPSA) is 96.2 Å². The predicted octanol–water partition coefficient (Wildman–Crippen LogP) is 3.68. The molecule has 0 bridgehead atoms. The van der Waals surface area contributed by atoms with Crippen molar-refractivity contribution in [2.45, 2.75) is 26.2 Å². The summed E-state index contributed by atoms with van der Waals surface area (Å²) in [6, 6.07) is 5.58. The van der Waals surface area contributed by atoms with Crippen LogP contribution in [0, 0.1) is 0 Å². The zero-order valence-corrected chi connectivity index (χ0v) is 15.4. The summed E-state index contributed by atoms with van der Waals surface area (Å²) in [5.41, 5.74) is 2.29. The number of hydrogen-bond donors (Lipinski definition) is 3. The highest BCUT2D eigenvalue weighted by atomic mass is 16.5. The fraction of sp³-hybridized carbons (Fsp3) is 0.286. The number of rotatable bonds is 4. The van der Waals surface area contributed by atoms with Crippen molar-refractivity contribution >= 4 is 5.78 Å². The Morgan fingerprint density at radius 3 is 2.63 bits per heavy atom. The maximum Gasteiger partial charge on any atom is 0.181 e. The van der Waals surface area contributed by atoms with Gasteiger partial charge in [-0.2, -0.15) is 0 Å². The number of Topliss-reactive ketones (excluding diaryl/α,β-unsaturated/α-hetero) is 1. The van der Waals surface area contributed by atoms with Crippen molar-refractivity contribution in [3.05, 3.63) is 52.6 Å². The molecule has 1 aliphatic rings. The molecule has 1 heterocycles. The zero-order valence-electron chi connectivity index (χ0n) is 15.4. The monoisotopic (exact) mass is 370 g/mol. The Balaban J connectivity index is 2.08. The second-order valence-electron chi connectivity index (χ2n) is 6.74. The van der Waals surface area contributed by atoms with Crippen LogP contribution in [0.5, 0.6) is 28.7 Å². The number of fused-ring (bicyclic) bond motifs is 1. The molecule has 0 aromatic heterocycles. The zero-order chi connectivity index (χ0) is 19.7. The number of methoxy groups -OCH3 is 1. The van der Waals surface area contributed by atoms with Crippen molar-refractivity contribution in [3.63, 3.8) is 0 Å². The first-order valence-corrected chi connectivity index (χ1v) is 8.58. The van der Waals surface area contributed by atoms with E-state index in [9.17, 15) is 20.1 Å². The summed E-state index contributed by atoms with van der Waals surface area (Å²) in [6.07, 6.45) is 2.42. The van der Waals surface area contributed by atoms with E-state index in [1.807, 2.05) is 19.9 Å². The van der Waals surface area contributed by atoms with Gasteiger partial charge in [0.2, 0.25) is 0 Å². The summed E-state index contributed by atoms with van der Waals surface area (Å²) in [7, 11) is 1.49. The van der Waals surface area contributed by atoms with E-state index < -0.39 is 5.92 Å². The lowest BCUT2D eigenvalue weighted by molar-refractivity contribution is 0.0890. The minimum absolute atomic E-state index is 0.0324. The van der Waals surface area contributed by atoms with Crippen molar-refractivity contribution in [2.75, 3.05) is 13.7 Å². The first-order chi connectivity index (χ1) is 12.8. The van der Waals surface area contributed by atoms with Crippen LogP contribution >= 0.6 is 0 Å². The largest absolute Gasteiger partial charge is 0.508 e. The number of phenols is 3. The molecule has 6 nitrogen and oxygen atoms in total. The number of hydrogen-bond acceptors (Lipinski definition) is 6. The maximum atomic E-state index is 13.0. The van der Waals surface area contributed by atoms with Gasteiger partial charge in [-0.15, -0.1) is 0 Å². The van der Waals surface area contributed by atoms with Crippen LogP contribution in [0.1, 0.15) is 41.3 Å². The second kappa shape index (κ2) is 7.23. The lowest BCUT2D eigenvalue weighted by atomic mass is 9.86. The Morgan fingerprint density at radius 2 is 1.96 bits per heavy atom. The Morgan fingerprint density at radius 1 is 1.22 bits per heavy atom. The number of carbonyl (C=O) groups excluding carboxylic acids is 1. The van der Waals surface area contributed by atoms with E-state index >= 15 is 0 Å². The van der Waals surface area contributed by atoms with E-state index in [2.05, 4.69) is 0 Å². The Bertz CT molecular complexity index is 925. The summed E-state index contributed by atoms with van der Waals surface area (Å²) in [4.78, 5) is 13.0. The number of carbonyl (C=O) groups is 1. The first-order valence-electron chi connectivity index (χ1n) is 8.58. The molecule has 2 aromatic carbocycles. The molecule has 3 rings (SSSR count). The molecule has 1 atom stereocenters. The van der Waals surface area contributed by atoms with Crippen LogP contribution in [-0.4, -0.2) is 34.8 Å². The van der Waals surface area contributed by atoms with E-state index in [1.165, 1.54) is 19.2 Å². The average molecular weight is 370 g/mol. The molecule has 2 aromatic rings. The smallest absolute Gasteiger partial charge is 0.181 e. The van der Waals surface area contributed by atoms with Crippen LogP contribution in [0.15, 0.2) is 35.9 Å². The third kappa shape index (κ3) is 3.43. The molecule has 0 unspecified atom stereocenters. The second-order valence-corrected chi connectivity index (χ2v) is 6.74. The van der Waals surface area contributed by atoms with Crippen LogP contribution in [0.3, 0.4) is 0 Å². The third-order valence-electron chi connectivity index (χ3n) is 4.59. The van der Waals surface area contributed by atoms with Crippen molar-refractivity contribution in [1.29, 1.82) is 0 Å². The van der Waals surface area contributed by atoms with Crippen LogP contribution < -0.4 is 9.47 Å². The maximum absolute atomic E-state index is 13.0. The minimum Gasteiger partial charge on any atom is -0.508 e. The van der Waals surface area contributed by atoms with E-state index in [4.69, 9.17) is 9.47 Å². The van der Waals surface area contributed by atoms with E-state index in [1.54, 1.807) is 6.07 Å². The summed E-state index contributed by atoms with van der Waals surface area (Å²) in [6.45, 7) is 3.96. The summed E-state index contributed by atoms with van der Waals surface area (Å²) < 4.78 is 11.1. The van der Waals surface area contributed by atoms with Crippen molar-refractivity contribution < 1.29 is 29.6 Å². The molecule has 0 amide bonds. The molecule has 0 radical (unpaired) electrons. The molecule has 6 heteroatoms. The van der Waals surface area contributed by atoms with Gasteiger partial charge in [-0.3, -0.25) is 4.79 Å². The molecule has 0 saturated carbocycles. The number of ether oxygens (including phenoxy) is 2. The Kier molecular flexibility index (Phi) is 4.99. The van der Waals surface area contributed by atoms with Gasteiger partial charge in [0.25, 0.3) is 0 Å². The van der Waals surface area contributed by atoms with Gasteiger partial charge in [-0.05, 0) is 26.3 Å². The van der Waals surface area contributed by atoms with Crippen LogP contribution in [0.4, 0.5) is 0 Å². The van der Waals surface area contributed by atoms with Gasteiger partial charge in [-0.25, -0.2) is 0 Å². The van der Waals surface area contributed by atoms with Crippen LogP contribution in [-0.2, 0) is 6.42 Å². The standard InChI is InChI=1S/C21H22O6/c1-11(2)4-5-14-16(23)7-6-13(21(14)26-3)15-10-27-18-9-12(22)8-17(24)19(18)20(15)25/h4,6-9,15,22-24H,5,10H2,1-3H3/t15-/m0/s1. The van der Waals surface area contributed by atoms with Gasteiger partial charge < -0.3 is 24.8 Å². The van der Waals surface area contributed by atoms with Crippen molar-refractivity contribution in [2.24, 2.45) is 0 Å². The SMILES string of the molecule is COc1c([C@@H]2COc3cc(O)cc(O)c3C2=O)ccc(O)c1CC=C(C)C. The van der Waals surface area contributed by atoms with Gasteiger partial charge in [0, 0.05) is 23.3 Å². The van der Waals surface area contributed by atoms with Crippen LogP contribution in [0.2, 0.25) is 0 Å². The van der Waals surface area contributed by atoms with Gasteiger partial charge in [-0.1, -0.05) is 17.7 Å². The molecule has 1 aliphatic heterocycles. The van der Waals surface area contributed by atoms with E-state index in [-0.39, 0.29) is 41.0 Å². The molecule has 0 aliphatic carbocycles. The fourth-order valence-electron chi connectivity index (χ4n) is 3.26. The van der Waals surface area contributed by atoms with Crippen molar-refractivity contribution in [1.82, 2.24) is 0 Å². The molecule has 0 saturated heterocycles. The van der Waals surface area contributed by atoms with Crippen LogP contribution in [0.25, 0.3) is 0 Å².